The number of likely N-dealkylation sites (tertiary alicyclic amines) is 1. The lowest BCUT2D eigenvalue weighted by molar-refractivity contribution is -0.132. The number of ether oxygens (including phenoxy) is 1. The lowest BCUT2D eigenvalue weighted by atomic mass is 10.0. The predicted octanol–water partition coefficient (Wildman–Crippen LogP) is 3.34. The number of benzene rings is 1. The molecule has 1 aliphatic rings. The maximum Gasteiger partial charge on any atom is 0.222 e. The number of aryl methyl sites for hydroxylation is 2. The minimum absolute atomic E-state index is 0.200. The smallest absolute Gasteiger partial charge is 0.222 e. The summed E-state index contributed by atoms with van der Waals surface area (Å²) in [5.41, 5.74) is 3.00. The van der Waals surface area contributed by atoms with Gasteiger partial charge in [0.2, 0.25) is 5.91 Å². The Morgan fingerprint density at radius 3 is 2.77 bits per heavy atom. The number of piperidine rings is 1. The van der Waals surface area contributed by atoms with Gasteiger partial charge in [-0.2, -0.15) is 0 Å². The summed E-state index contributed by atoms with van der Waals surface area (Å²) in [5, 5.41) is 7.49. The fraction of sp³-hybridized carbons (Fsp3) is 0.500. The van der Waals surface area contributed by atoms with E-state index in [1.807, 2.05) is 43.0 Å². The second-order valence-electron chi connectivity index (χ2n) is 6.85. The molecule has 1 aromatic carbocycles. The van der Waals surface area contributed by atoms with Crippen LogP contribution in [0.2, 0.25) is 0 Å². The van der Waals surface area contributed by atoms with E-state index >= 15 is 0 Å². The molecule has 0 unspecified atom stereocenters. The first-order chi connectivity index (χ1) is 12.6. The summed E-state index contributed by atoms with van der Waals surface area (Å²) >= 11 is 0. The third-order valence-electron chi connectivity index (χ3n) is 5.00. The summed E-state index contributed by atoms with van der Waals surface area (Å²) < 4.78 is 10.4. The number of hydrogen-bond donors (Lipinski definition) is 1. The first-order valence-electron chi connectivity index (χ1n) is 9.17. The molecular formula is C20H27N3O3. The van der Waals surface area contributed by atoms with Crippen LogP contribution in [0.5, 0.6) is 5.75 Å². The lowest BCUT2D eigenvalue weighted by Gasteiger charge is -2.34. The molecule has 6 heteroatoms. The predicted molar refractivity (Wildman–Crippen MR) is 101 cm³/mol. The number of nitrogens with zero attached hydrogens (tertiary/aromatic N) is 2. The number of carbonyl (C=O) groups is 1. The molecule has 6 nitrogen and oxygen atoms in total. The molecule has 0 radical (unpaired) electrons. The standard InChI is InChI=1S/C20H27N3O3/c1-14-19(15(2)26-22-14)10-11-20(24)23-12-4-5-17(13-23)21-16-6-8-18(25-3)9-7-16/h6-9,17,21H,4-5,10-13H2,1-3H3/t17-/m0/s1. The quantitative estimate of drug-likeness (QED) is 0.859. The average Bonchev–Trinajstić information content (AvgIpc) is 2.98. The molecule has 0 aliphatic carbocycles. The molecule has 26 heavy (non-hydrogen) atoms. The zero-order chi connectivity index (χ0) is 18.5. The third kappa shape index (κ3) is 4.36. The summed E-state index contributed by atoms with van der Waals surface area (Å²) in [5.74, 6) is 1.86. The van der Waals surface area contributed by atoms with Gasteiger partial charge in [0.1, 0.15) is 11.5 Å². The highest BCUT2D eigenvalue weighted by molar-refractivity contribution is 5.76. The molecule has 1 amide bonds. The molecule has 2 aromatic rings. The van der Waals surface area contributed by atoms with Gasteiger partial charge in [-0.15, -0.1) is 0 Å². The summed E-state index contributed by atoms with van der Waals surface area (Å²) in [6.07, 6.45) is 3.27. The van der Waals surface area contributed by atoms with Crippen molar-refractivity contribution >= 4 is 11.6 Å². The van der Waals surface area contributed by atoms with Crippen molar-refractivity contribution in [3.8, 4) is 5.75 Å². The normalized spacial score (nSPS) is 17.2. The van der Waals surface area contributed by atoms with Crippen molar-refractivity contribution in [2.24, 2.45) is 0 Å². The third-order valence-corrected chi connectivity index (χ3v) is 5.00. The fourth-order valence-corrected chi connectivity index (χ4v) is 3.49. The molecule has 1 fully saturated rings. The number of rotatable bonds is 6. The van der Waals surface area contributed by atoms with Crippen LogP contribution in [-0.2, 0) is 11.2 Å². The van der Waals surface area contributed by atoms with Gasteiger partial charge in [0.25, 0.3) is 0 Å². The second-order valence-corrected chi connectivity index (χ2v) is 6.85. The first kappa shape index (κ1) is 18.3. The van der Waals surface area contributed by atoms with Crippen molar-refractivity contribution in [1.82, 2.24) is 10.1 Å². The SMILES string of the molecule is COc1ccc(N[C@H]2CCCN(C(=O)CCc3c(C)noc3C)C2)cc1. The molecular weight excluding hydrogens is 330 g/mol. The molecule has 1 atom stereocenters. The number of anilines is 1. The van der Waals surface area contributed by atoms with E-state index in [1.165, 1.54) is 0 Å². The molecule has 1 aliphatic heterocycles. The zero-order valence-electron chi connectivity index (χ0n) is 15.7. The van der Waals surface area contributed by atoms with Crippen LogP contribution in [0.1, 0.15) is 36.3 Å². The van der Waals surface area contributed by atoms with Crippen molar-refractivity contribution < 1.29 is 14.1 Å². The minimum Gasteiger partial charge on any atom is -0.497 e. The van der Waals surface area contributed by atoms with Crippen molar-refractivity contribution in [3.05, 3.63) is 41.3 Å². The van der Waals surface area contributed by atoms with Gasteiger partial charge < -0.3 is 19.5 Å². The summed E-state index contributed by atoms with van der Waals surface area (Å²) in [6.45, 7) is 5.40. The van der Waals surface area contributed by atoms with Crippen molar-refractivity contribution in [2.45, 2.75) is 45.6 Å². The van der Waals surface area contributed by atoms with Gasteiger partial charge in [-0.25, -0.2) is 0 Å². The van der Waals surface area contributed by atoms with E-state index in [0.29, 0.717) is 12.8 Å². The summed E-state index contributed by atoms with van der Waals surface area (Å²) in [4.78, 5) is 14.6. The molecule has 0 bridgehead atoms. The topological polar surface area (TPSA) is 67.6 Å². The number of carbonyl (C=O) groups excluding carboxylic acids is 1. The first-order valence-corrected chi connectivity index (χ1v) is 9.17. The number of hydrogen-bond acceptors (Lipinski definition) is 5. The number of amides is 1. The number of nitrogens with one attached hydrogen (secondary N) is 1. The van der Waals surface area contributed by atoms with Gasteiger partial charge in [0.05, 0.1) is 12.8 Å². The Morgan fingerprint density at radius 1 is 1.35 bits per heavy atom. The maximum atomic E-state index is 12.6. The van der Waals surface area contributed by atoms with E-state index in [1.54, 1.807) is 7.11 Å². The van der Waals surface area contributed by atoms with E-state index in [9.17, 15) is 4.79 Å². The molecule has 1 aromatic heterocycles. The van der Waals surface area contributed by atoms with Gasteiger partial charge in [0, 0.05) is 36.8 Å². The van der Waals surface area contributed by atoms with Crippen molar-refractivity contribution in [3.63, 3.8) is 0 Å². The van der Waals surface area contributed by atoms with Crippen molar-refractivity contribution in [1.29, 1.82) is 0 Å². The van der Waals surface area contributed by atoms with Crippen LogP contribution in [0.4, 0.5) is 5.69 Å². The van der Waals surface area contributed by atoms with Gasteiger partial charge in [0.15, 0.2) is 0 Å². The van der Waals surface area contributed by atoms with Gasteiger partial charge in [-0.1, -0.05) is 5.16 Å². The Labute approximate surface area is 154 Å². The van der Waals surface area contributed by atoms with E-state index in [4.69, 9.17) is 9.26 Å². The number of methoxy groups -OCH3 is 1. The van der Waals surface area contributed by atoms with Crippen molar-refractivity contribution in [2.75, 3.05) is 25.5 Å². The average molecular weight is 357 g/mol. The van der Waals surface area contributed by atoms with Crippen LogP contribution in [-0.4, -0.2) is 42.2 Å². The van der Waals surface area contributed by atoms with Crippen LogP contribution in [0.15, 0.2) is 28.8 Å². The maximum absolute atomic E-state index is 12.6. The van der Waals surface area contributed by atoms with Crippen LogP contribution in [0.25, 0.3) is 0 Å². The largest absolute Gasteiger partial charge is 0.497 e. The molecule has 3 rings (SSSR count). The Kier molecular flexibility index (Phi) is 5.81. The van der Waals surface area contributed by atoms with Crippen LogP contribution in [0, 0.1) is 13.8 Å². The Bertz CT molecular complexity index is 720. The fourth-order valence-electron chi connectivity index (χ4n) is 3.49. The Balaban J connectivity index is 1.53. The van der Waals surface area contributed by atoms with E-state index in [-0.39, 0.29) is 11.9 Å². The Morgan fingerprint density at radius 2 is 2.12 bits per heavy atom. The molecule has 0 saturated carbocycles. The highest BCUT2D eigenvalue weighted by atomic mass is 16.5. The molecule has 0 spiro atoms. The molecule has 2 heterocycles. The van der Waals surface area contributed by atoms with E-state index in [2.05, 4.69) is 10.5 Å². The monoisotopic (exact) mass is 357 g/mol. The minimum atomic E-state index is 0.200. The van der Waals surface area contributed by atoms with Crippen LogP contribution in [0.3, 0.4) is 0 Å². The van der Waals surface area contributed by atoms with Crippen LogP contribution < -0.4 is 10.1 Å². The van der Waals surface area contributed by atoms with Gasteiger partial charge >= 0.3 is 0 Å². The second kappa shape index (κ2) is 8.25. The summed E-state index contributed by atoms with van der Waals surface area (Å²) in [7, 11) is 1.66. The highest BCUT2D eigenvalue weighted by Crippen LogP contribution is 2.20. The highest BCUT2D eigenvalue weighted by Gasteiger charge is 2.24. The van der Waals surface area contributed by atoms with E-state index in [0.717, 1.165) is 54.4 Å². The number of aromatic nitrogens is 1. The Hall–Kier alpha value is -2.50. The zero-order valence-corrected chi connectivity index (χ0v) is 15.7. The van der Waals surface area contributed by atoms with Gasteiger partial charge in [-0.3, -0.25) is 4.79 Å². The molecule has 1 saturated heterocycles. The van der Waals surface area contributed by atoms with Gasteiger partial charge in [-0.05, 0) is 57.4 Å². The summed E-state index contributed by atoms with van der Waals surface area (Å²) in [6, 6.07) is 8.18. The van der Waals surface area contributed by atoms with E-state index < -0.39 is 0 Å². The molecule has 140 valence electrons. The van der Waals surface area contributed by atoms with Crippen LogP contribution >= 0.6 is 0 Å². The lowest BCUT2D eigenvalue weighted by Crippen LogP contribution is -2.45. The molecule has 1 N–H and O–H groups in total.